The lowest BCUT2D eigenvalue weighted by atomic mass is 10.0. The van der Waals surface area contributed by atoms with E-state index in [0.717, 1.165) is 13.1 Å². The van der Waals surface area contributed by atoms with Crippen LogP contribution in [0.5, 0.6) is 0 Å². The van der Waals surface area contributed by atoms with Gasteiger partial charge in [0.05, 0.1) is 0 Å². The first-order valence-electron chi connectivity index (χ1n) is 6.44. The minimum Gasteiger partial charge on any atom is -0.371 e. The van der Waals surface area contributed by atoms with E-state index in [1.54, 1.807) is 4.31 Å². The number of para-hydroxylation sites is 1. The van der Waals surface area contributed by atoms with Gasteiger partial charge in [0, 0.05) is 31.9 Å². The number of alkyl halides is 1. The zero-order chi connectivity index (χ0) is 13.5. The van der Waals surface area contributed by atoms with Crippen molar-refractivity contribution in [3.63, 3.8) is 0 Å². The molecule has 6 heteroatoms. The second-order valence-corrected chi connectivity index (χ2v) is 8.57. The number of nitrogens with zero attached hydrogens (tertiary/aromatic N) is 2. The Morgan fingerprint density at radius 2 is 1.63 bits per heavy atom. The predicted molar refractivity (Wildman–Crippen MR) is 79.9 cm³/mol. The van der Waals surface area contributed by atoms with Crippen LogP contribution >= 0.6 is 15.9 Å². The van der Waals surface area contributed by atoms with E-state index in [4.69, 9.17) is 0 Å². The Labute approximate surface area is 122 Å². The van der Waals surface area contributed by atoms with Crippen molar-refractivity contribution in [2.75, 3.05) is 35.7 Å². The predicted octanol–water partition coefficient (Wildman–Crippen LogP) is 1.74. The Morgan fingerprint density at radius 3 is 2.16 bits per heavy atom. The van der Waals surface area contributed by atoms with E-state index in [2.05, 4.69) is 33.0 Å². The third kappa shape index (κ3) is 2.53. The van der Waals surface area contributed by atoms with Crippen LogP contribution in [0.4, 0.5) is 5.69 Å². The van der Waals surface area contributed by atoms with Gasteiger partial charge in [-0.3, -0.25) is 0 Å². The molecule has 2 aliphatic heterocycles. The van der Waals surface area contributed by atoms with Crippen LogP contribution in [0.15, 0.2) is 30.3 Å². The van der Waals surface area contributed by atoms with E-state index in [9.17, 15) is 8.42 Å². The number of rotatable bonds is 3. The van der Waals surface area contributed by atoms with Crippen molar-refractivity contribution in [3.05, 3.63) is 30.3 Å². The zero-order valence-corrected chi connectivity index (χ0v) is 13.0. The summed E-state index contributed by atoms with van der Waals surface area (Å²) in [6.45, 7) is 3.26. The van der Waals surface area contributed by atoms with Gasteiger partial charge >= 0.3 is 0 Å². The third-order valence-electron chi connectivity index (χ3n) is 4.11. The maximum Gasteiger partial charge on any atom is 0.224 e. The normalized spacial score (nSPS) is 27.7. The average Bonchev–Trinajstić information content (AvgIpc) is 2.98. The average molecular weight is 345 g/mol. The maximum absolute atomic E-state index is 11.8. The van der Waals surface area contributed by atoms with Crippen LogP contribution in [0.2, 0.25) is 0 Å². The van der Waals surface area contributed by atoms with Crippen molar-refractivity contribution in [2.24, 2.45) is 11.8 Å². The molecule has 0 bridgehead atoms. The van der Waals surface area contributed by atoms with Crippen LogP contribution in [0.3, 0.4) is 0 Å². The van der Waals surface area contributed by atoms with Gasteiger partial charge in [0.15, 0.2) is 0 Å². The number of hydrogen-bond acceptors (Lipinski definition) is 3. The lowest BCUT2D eigenvalue weighted by Crippen LogP contribution is -2.33. The van der Waals surface area contributed by atoms with Crippen molar-refractivity contribution in [1.29, 1.82) is 0 Å². The molecule has 0 saturated carbocycles. The van der Waals surface area contributed by atoms with Crippen molar-refractivity contribution < 1.29 is 8.42 Å². The monoisotopic (exact) mass is 344 g/mol. The van der Waals surface area contributed by atoms with Gasteiger partial charge < -0.3 is 4.90 Å². The van der Waals surface area contributed by atoms with Gasteiger partial charge in [-0.1, -0.05) is 34.1 Å². The van der Waals surface area contributed by atoms with Crippen molar-refractivity contribution in [2.45, 2.75) is 0 Å². The first-order valence-corrected chi connectivity index (χ1v) is 9.17. The summed E-state index contributed by atoms with van der Waals surface area (Å²) in [7, 11) is -3.09. The SMILES string of the molecule is O=S(=O)(CBr)N1CC2CN(c3ccccc3)CC2C1. The number of benzene rings is 1. The summed E-state index contributed by atoms with van der Waals surface area (Å²) in [6.07, 6.45) is 0. The molecule has 0 radical (unpaired) electrons. The van der Waals surface area contributed by atoms with E-state index in [-0.39, 0.29) is 4.66 Å². The van der Waals surface area contributed by atoms with Gasteiger partial charge in [-0.2, -0.15) is 0 Å². The quantitative estimate of drug-likeness (QED) is 0.784. The van der Waals surface area contributed by atoms with Crippen molar-refractivity contribution in [3.8, 4) is 0 Å². The Bertz CT molecular complexity index is 535. The zero-order valence-electron chi connectivity index (χ0n) is 10.6. The molecule has 2 aliphatic rings. The highest BCUT2D eigenvalue weighted by atomic mass is 79.9. The van der Waals surface area contributed by atoms with Crippen molar-refractivity contribution in [1.82, 2.24) is 4.31 Å². The van der Waals surface area contributed by atoms with Gasteiger partial charge in [-0.25, -0.2) is 12.7 Å². The van der Waals surface area contributed by atoms with Gasteiger partial charge in [0.2, 0.25) is 10.0 Å². The van der Waals surface area contributed by atoms with Crippen LogP contribution in [-0.4, -0.2) is 43.6 Å². The molecular weight excluding hydrogens is 328 g/mol. The Balaban J connectivity index is 1.68. The molecule has 2 unspecified atom stereocenters. The van der Waals surface area contributed by atoms with E-state index < -0.39 is 10.0 Å². The second kappa shape index (κ2) is 5.07. The Morgan fingerprint density at radius 1 is 1.05 bits per heavy atom. The molecule has 104 valence electrons. The van der Waals surface area contributed by atoms with E-state index >= 15 is 0 Å². The number of hydrogen-bond donors (Lipinski definition) is 0. The minimum absolute atomic E-state index is 0.0296. The molecule has 2 fully saturated rings. The standard InChI is InChI=1S/C13H17BrN2O2S/c14-10-19(17,18)16-8-11-6-15(7-12(11)9-16)13-4-2-1-3-5-13/h1-5,11-12H,6-10H2. The van der Waals surface area contributed by atoms with Gasteiger partial charge in [0.1, 0.15) is 4.66 Å². The number of halogens is 1. The fourth-order valence-corrected chi connectivity index (χ4v) is 4.94. The highest BCUT2D eigenvalue weighted by Crippen LogP contribution is 2.35. The molecule has 4 nitrogen and oxygen atoms in total. The number of anilines is 1. The minimum atomic E-state index is -3.09. The highest BCUT2D eigenvalue weighted by molar-refractivity contribution is 9.10. The molecule has 1 aromatic carbocycles. The Kier molecular flexibility index (Phi) is 3.57. The van der Waals surface area contributed by atoms with Gasteiger partial charge in [-0.15, -0.1) is 0 Å². The van der Waals surface area contributed by atoms with Crippen molar-refractivity contribution >= 4 is 31.6 Å². The number of fused-ring (bicyclic) bond motifs is 1. The lowest BCUT2D eigenvalue weighted by Gasteiger charge is -2.22. The summed E-state index contributed by atoms with van der Waals surface area (Å²) in [6, 6.07) is 10.4. The first kappa shape index (κ1) is 13.4. The molecule has 0 aromatic heterocycles. The molecule has 0 aliphatic carbocycles. The molecule has 2 atom stereocenters. The van der Waals surface area contributed by atoms with E-state index in [1.807, 2.05) is 18.2 Å². The molecule has 3 rings (SSSR count). The van der Waals surface area contributed by atoms with Crippen LogP contribution < -0.4 is 4.90 Å². The van der Waals surface area contributed by atoms with Crippen LogP contribution in [0.1, 0.15) is 0 Å². The maximum atomic E-state index is 11.8. The summed E-state index contributed by atoms with van der Waals surface area (Å²) in [5.74, 6) is 0.933. The van der Waals surface area contributed by atoms with E-state index in [1.165, 1.54) is 5.69 Å². The Hall–Kier alpha value is -0.590. The van der Waals surface area contributed by atoms with Gasteiger partial charge in [0.25, 0.3) is 0 Å². The van der Waals surface area contributed by atoms with E-state index in [0.29, 0.717) is 24.9 Å². The first-order chi connectivity index (χ1) is 9.10. The highest BCUT2D eigenvalue weighted by Gasteiger charge is 2.43. The fraction of sp³-hybridized carbons (Fsp3) is 0.538. The largest absolute Gasteiger partial charge is 0.371 e. The summed E-state index contributed by atoms with van der Waals surface area (Å²) in [4.78, 5) is 2.37. The van der Waals surface area contributed by atoms with Crippen LogP contribution in [-0.2, 0) is 10.0 Å². The summed E-state index contributed by atoms with van der Waals surface area (Å²) >= 11 is 3.07. The molecule has 2 saturated heterocycles. The third-order valence-corrected chi connectivity index (χ3v) is 7.20. The topological polar surface area (TPSA) is 40.6 Å². The summed E-state index contributed by atoms with van der Waals surface area (Å²) in [5, 5.41) is 0. The van der Waals surface area contributed by atoms with Gasteiger partial charge in [-0.05, 0) is 24.0 Å². The summed E-state index contributed by atoms with van der Waals surface area (Å²) < 4.78 is 25.4. The van der Waals surface area contributed by atoms with Crippen LogP contribution in [0.25, 0.3) is 0 Å². The lowest BCUT2D eigenvalue weighted by molar-refractivity contribution is 0.457. The number of sulfonamides is 1. The summed E-state index contributed by atoms with van der Waals surface area (Å²) in [5.41, 5.74) is 1.24. The van der Waals surface area contributed by atoms with Crippen LogP contribution in [0, 0.1) is 11.8 Å². The molecule has 2 heterocycles. The smallest absolute Gasteiger partial charge is 0.224 e. The molecule has 1 aromatic rings. The molecular formula is C13H17BrN2O2S. The fourth-order valence-electron chi connectivity index (χ4n) is 3.10. The molecule has 0 amide bonds. The molecule has 0 N–H and O–H groups in total. The molecule has 19 heavy (non-hydrogen) atoms. The second-order valence-electron chi connectivity index (χ2n) is 5.30. The molecule has 0 spiro atoms.